The van der Waals surface area contributed by atoms with Crippen molar-refractivity contribution >= 4 is 9.84 Å². The summed E-state index contributed by atoms with van der Waals surface area (Å²) >= 11 is 0. The number of aliphatic hydroxyl groups is 1. The average molecular weight is 263 g/mol. The van der Waals surface area contributed by atoms with Gasteiger partial charge in [0, 0.05) is 5.54 Å². The van der Waals surface area contributed by atoms with Crippen LogP contribution in [-0.4, -0.2) is 36.2 Å². The molecule has 102 valence electrons. The van der Waals surface area contributed by atoms with Gasteiger partial charge in [-0.25, -0.2) is 8.42 Å². The fourth-order valence-electron chi connectivity index (χ4n) is 2.84. The summed E-state index contributed by atoms with van der Waals surface area (Å²) in [6.45, 7) is 7.98. The largest absolute Gasteiger partial charge is 0.387 e. The van der Waals surface area contributed by atoms with Crippen LogP contribution in [0.5, 0.6) is 0 Å². The lowest BCUT2D eigenvalue weighted by molar-refractivity contribution is -0.0442. The highest BCUT2D eigenvalue weighted by Crippen LogP contribution is 2.40. The lowest BCUT2D eigenvalue weighted by Crippen LogP contribution is -2.65. The quantitative estimate of drug-likeness (QED) is 0.791. The number of hydrogen-bond donors (Lipinski definition) is 2. The summed E-state index contributed by atoms with van der Waals surface area (Å²) in [5.74, 6) is 0.229. The summed E-state index contributed by atoms with van der Waals surface area (Å²) in [6, 6.07) is 0. The molecule has 2 atom stereocenters. The maximum Gasteiger partial charge on any atom is 0.153 e. The lowest BCUT2D eigenvalue weighted by atomic mass is 9.68. The summed E-state index contributed by atoms with van der Waals surface area (Å²) in [5.41, 5.74) is 4.29. The smallest absolute Gasteiger partial charge is 0.153 e. The third-order valence-corrected chi connectivity index (χ3v) is 5.67. The molecule has 0 aliphatic carbocycles. The molecule has 2 unspecified atom stereocenters. The van der Waals surface area contributed by atoms with E-state index in [1.54, 1.807) is 0 Å². The molecule has 1 aliphatic heterocycles. The van der Waals surface area contributed by atoms with E-state index in [1.165, 1.54) is 0 Å². The van der Waals surface area contributed by atoms with E-state index in [0.29, 0.717) is 12.3 Å². The van der Waals surface area contributed by atoms with Crippen molar-refractivity contribution in [1.82, 2.24) is 0 Å². The molecule has 1 fully saturated rings. The van der Waals surface area contributed by atoms with Crippen LogP contribution in [-0.2, 0) is 9.84 Å². The van der Waals surface area contributed by atoms with Gasteiger partial charge in [-0.15, -0.1) is 0 Å². The van der Waals surface area contributed by atoms with Crippen molar-refractivity contribution in [2.24, 2.45) is 17.6 Å². The molecule has 0 radical (unpaired) electrons. The second kappa shape index (κ2) is 4.52. The van der Waals surface area contributed by atoms with Gasteiger partial charge < -0.3 is 10.8 Å². The van der Waals surface area contributed by atoms with E-state index in [-0.39, 0.29) is 23.8 Å². The third-order valence-electron chi connectivity index (χ3n) is 3.93. The molecule has 0 aromatic heterocycles. The number of rotatable bonds is 4. The van der Waals surface area contributed by atoms with Crippen LogP contribution in [0.25, 0.3) is 0 Å². The van der Waals surface area contributed by atoms with Crippen molar-refractivity contribution in [3.8, 4) is 0 Å². The number of nitrogens with two attached hydrogens (primary N) is 1. The topological polar surface area (TPSA) is 80.4 Å². The standard InChI is InChI=1S/C12H25NO3S/c1-9(2)7-12(13,10(3)4)11(14)5-6-17(15,16)8-11/h9-10,14H,5-8,13H2,1-4H3. The molecule has 0 spiro atoms. The van der Waals surface area contributed by atoms with E-state index in [2.05, 4.69) is 0 Å². The first-order valence-electron chi connectivity index (χ1n) is 6.24. The maximum atomic E-state index is 11.6. The highest BCUT2D eigenvalue weighted by molar-refractivity contribution is 7.91. The van der Waals surface area contributed by atoms with Gasteiger partial charge in [0.2, 0.25) is 0 Å². The van der Waals surface area contributed by atoms with Gasteiger partial charge in [-0.1, -0.05) is 27.7 Å². The van der Waals surface area contributed by atoms with Crippen molar-refractivity contribution < 1.29 is 13.5 Å². The van der Waals surface area contributed by atoms with Crippen LogP contribution in [0.1, 0.15) is 40.5 Å². The summed E-state index contributed by atoms with van der Waals surface area (Å²) in [7, 11) is -3.14. The van der Waals surface area contributed by atoms with Crippen molar-refractivity contribution in [3.05, 3.63) is 0 Å². The molecule has 1 aliphatic rings. The molecule has 0 bridgehead atoms. The van der Waals surface area contributed by atoms with Crippen LogP contribution in [0.3, 0.4) is 0 Å². The van der Waals surface area contributed by atoms with Gasteiger partial charge in [0.1, 0.15) is 0 Å². The van der Waals surface area contributed by atoms with E-state index >= 15 is 0 Å². The van der Waals surface area contributed by atoms with Crippen LogP contribution in [0.2, 0.25) is 0 Å². The third kappa shape index (κ3) is 2.83. The fourth-order valence-corrected chi connectivity index (χ4v) is 4.77. The Labute approximate surface area is 105 Å². The molecular formula is C12H25NO3S. The predicted octanol–water partition coefficient (Wildman–Crippen LogP) is 0.936. The molecule has 0 aromatic carbocycles. The second-order valence-corrected chi connectivity index (χ2v) is 8.35. The van der Waals surface area contributed by atoms with Crippen molar-refractivity contribution in [2.45, 2.75) is 51.7 Å². The Morgan fingerprint density at radius 3 is 2.18 bits per heavy atom. The van der Waals surface area contributed by atoms with E-state index in [1.807, 2.05) is 27.7 Å². The van der Waals surface area contributed by atoms with Crippen LogP contribution in [0.4, 0.5) is 0 Å². The molecule has 3 N–H and O–H groups in total. The zero-order valence-electron chi connectivity index (χ0n) is 11.2. The van der Waals surface area contributed by atoms with Crippen molar-refractivity contribution in [2.75, 3.05) is 11.5 Å². The Bertz CT molecular complexity index is 377. The Morgan fingerprint density at radius 1 is 1.35 bits per heavy atom. The van der Waals surface area contributed by atoms with E-state index in [9.17, 15) is 13.5 Å². The summed E-state index contributed by atoms with van der Waals surface area (Å²) in [4.78, 5) is 0. The first-order chi connectivity index (χ1) is 7.52. The van der Waals surface area contributed by atoms with Crippen LogP contribution >= 0.6 is 0 Å². The van der Waals surface area contributed by atoms with Gasteiger partial charge in [-0.3, -0.25) is 0 Å². The minimum absolute atomic E-state index is 0.0446. The first kappa shape index (κ1) is 14.9. The number of hydrogen-bond acceptors (Lipinski definition) is 4. The SMILES string of the molecule is CC(C)CC(N)(C(C)C)C1(O)CCS(=O)(=O)C1. The molecule has 1 saturated heterocycles. The normalized spacial score (nSPS) is 32.0. The Hall–Kier alpha value is -0.130. The minimum atomic E-state index is -3.14. The molecule has 4 nitrogen and oxygen atoms in total. The molecular weight excluding hydrogens is 238 g/mol. The van der Waals surface area contributed by atoms with Gasteiger partial charge >= 0.3 is 0 Å². The molecule has 1 heterocycles. The highest BCUT2D eigenvalue weighted by Gasteiger charge is 2.55. The molecule has 0 amide bonds. The zero-order valence-corrected chi connectivity index (χ0v) is 12.0. The summed E-state index contributed by atoms with van der Waals surface area (Å²) in [5, 5.41) is 10.7. The molecule has 1 rings (SSSR count). The molecule has 0 aromatic rings. The van der Waals surface area contributed by atoms with Gasteiger partial charge in [0.25, 0.3) is 0 Å². The molecule has 0 saturated carbocycles. The van der Waals surface area contributed by atoms with Crippen molar-refractivity contribution in [1.29, 1.82) is 0 Å². The van der Waals surface area contributed by atoms with Crippen LogP contribution < -0.4 is 5.73 Å². The summed E-state index contributed by atoms with van der Waals surface area (Å²) < 4.78 is 23.2. The lowest BCUT2D eigenvalue weighted by Gasteiger charge is -2.46. The fraction of sp³-hybridized carbons (Fsp3) is 1.00. The zero-order chi connectivity index (χ0) is 13.5. The van der Waals surface area contributed by atoms with Crippen molar-refractivity contribution in [3.63, 3.8) is 0 Å². The average Bonchev–Trinajstić information content (AvgIpc) is 2.40. The van der Waals surface area contributed by atoms with Gasteiger partial charge in [-0.05, 0) is 24.7 Å². The minimum Gasteiger partial charge on any atom is -0.387 e. The van der Waals surface area contributed by atoms with Gasteiger partial charge in [0.15, 0.2) is 9.84 Å². The van der Waals surface area contributed by atoms with Gasteiger partial charge in [0.05, 0.1) is 17.1 Å². The maximum absolute atomic E-state index is 11.6. The highest BCUT2D eigenvalue weighted by atomic mass is 32.2. The Balaban J connectivity index is 3.07. The molecule has 5 heteroatoms. The monoisotopic (exact) mass is 263 g/mol. The first-order valence-corrected chi connectivity index (χ1v) is 8.06. The Kier molecular flexibility index (Phi) is 3.97. The predicted molar refractivity (Wildman–Crippen MR) is 69.4 cm³/mol. The van der Waals surface area contributed by atoms with Crippen LogP contribution in [0, 0.1) is 11.8 Å². The van der Waals surface area contributed by atoms with E-state index in [4.69, 9.17) is 5.73 Å². The molecule has 17 heavy (non-hydrogen) atoms. The van der Waals surface area contributed by atoms with E-state index < -0.39 is 21.0 Å². The second-order valence-electron chi connectivity index (χ2n) is 6.17. The number of sulfone groups is 1. The van der Waals surface area contributed by atoms with E-state index in [0.717, 1.165) is 0 Å². The summed E-state index contributed by atoms with van der Waals surface area (Å²) in [6.07, 6.45) is 0.896. The van der Waals surface area contributed by atoms with Crippen LogP contribution in [0.15, 0.2) is 0 Å². The Morgan fingerprint density at radius 2 is 1.88 bits per heavy atom. The van der Waals surface area contributed by atoms with Gasteiger partial charge in [-0.2, -0.15) is 0 Å².